The predicted molar refractivity (Wildman–Crippen MR) is 75.7 cm³/mol. The smallest absolute Gasteiger partial charge is 0.194 e. The van der Waals surface area contributed by atoms with Gasteiger partial charge in [0.1, 0.15) is 0 Å². The average Bonchev–Trinajstić information content (AvgIpc) is 2.83. The largest absolute Gasteiger partial charge is 0.385 e. The Morgan fingerprint density at radius 3 is 3.00 bits per heavy atom. The molecule has 0 amide bonds. The minimum absolute atomic E-state index is 0.141. The van der Waals surface area contributed by atoms with E-state index >= 15 is 0 Å². The highest BCUT2D eigenvalue weighted by Gasteiger charge is 2.15. The zero-order valence-corrected chi connectivity index (χ0v) is 11.1. The third-order valence-corrected chi connectivity index (χ3v) is 4.25. The van der Waals surface area contributed by atoms with Crippen LogP contribution in [0.5, 0.6) is 0 Å². The van der Waals surface area contributed by atoms with Gasteiger partial charge >= 0.3 is 0 Å². The summed E-state index contributed by atoms with van der Waals surface area (Å²) in [6, 6.07) is 7.92. The lowest BCUT2D eigenvalue weighted by Crippen LogP contribution is -2.12. The second-order valence-corrected chi connectivity index (χ2v) is 5.74. The van der Waals surface area contributed by atoms with Gasteiger partial charge in [0.25, 0.3) is 0 Å². The van der Waals surface area contributed by atoms with E-state index in [0.29, 0.717) is 0 Å². The summed E-state index contributed by atoms with van der Waals surface area (Å²) in [5.74, 6) is 0.141. The molecular formula is C15H15NOS. The molecule has 0 spiro atoms. The maximum atomic E-state index is 12.4. The van der Waals surface area contributed by atoms with Crippen molar-refractivity contribution in [2.24, 2.45) is 0 Å². The van der Waals surface area contributed by atoms with Gasteiger partial charge in [-0.3, -0.25) is 4.79 Å². The van der Waals surface area contributed by atoms with E-state index in [4.69, 9.17) is 0 Å². The summed E-state index contributed by atoms with van der Waals surface area (Å²) in [7, 11) is 0. The molecule has 18 heavy (non-hydrogen) atoms. The molecule has 2 nitrogen and oxygen atoms in total. The number of fused-ring (bicyclic) bond motifs is 1. The molecule has 0 saturated heterocycles. The number of hydrogen-bond donors (Lipinski definition) is 1. The van der Waals surface area contributed by atoms with E-state index in [1.165, 1.54) is 11.3 Å². The van der Waals surface area contributed by atoms with Crippen LogP contribution in [0.4, 0.5) is 5.69 Å². The summed E-state index contributed by atoms with van der Waals surface area (Å²) in [4.78, 5) is 13.5. The fourth-order valence-electron chi connectivity index (χ4n) is 2.39. The standard InChI is InChI=1S/C15H15NOS/c1-10-13(6-8-18-10)15(17)12-4-5-14-11(9-12)3-2-7-16-14/h4-6,8-9,16H,2-3,7H2,1H3. The minimum Gasteiger partial charge on any atom is -0.385 e. The van der Waals surface area contributed by atoms with Crippen LogP contribution in [0.15, 0.2) is 29.6 Å². The first kappa shape index (κ1) is 11.5. The molecule has 0 atom stereocenters. The molecule has 0 bridgehead atoms. The molecule has 3 heteroatoms. The molecule has 1 aromatic carbocycles. The topological polar surface area (TPSA) is 29.1 Å². The van der Waals surface area contributed by atoms with Crippen LogP contribution < -0.4 is 5.32 Å². The molecular weight excluding hydrogens is 242 g/mol. The Bertz CT molecular complexity index is 600. The van der Waals surface area contributed by atoms with Gasteiger partial charge in [-0.2, -0.15) is 0 Å². The van der Waals surface area contributed by atoms with Crippen molar-refractivity contribution in [3.8, 4) is 0 Å². The van der Waals surface area contributed by atoms with Crippen LogP contribution in [0.3, 0.4) is 0 Å². The molecule has 2 aromatic rings. The van der Waals surface area contributed by atoms with E-state index in [2.05, 4.69) is 5.32 Å². The number of thiophene rings is 1. The Kier molecular flexibility index (Phi) is 2.92. The molecule has 92 valence electrons. The van der Waals surface area contributed by atoms with Crippen molar-refractivity contribution >= 4 is 22.8 Å². The summed E-state index contributed by atoms with van der Waals surface area (Å²) in [5, 5.41) is 5.34. The fourth-order valence-corrected chi connectivity index (χ4v) is 3.09. The number of rotatable bonds is 2. The van der Waals surface area contributed by atoms with Gasteiger partial charge in [0.05, 0.1) is 0 Å². The summed E-state index contributed by atoms with van der Waals surface area (Å²) >= 11 is 1.62. The lowest BCUT2D eigenvalue weighted by Gasteiger charge is -2.18. The Morgan fingerprint density at radius 1 is 1.33 bits per heavy atom. The van der Waals surface area contributed by atoms with Gasteiger partial charge < -0.3 is 5.32 Å². The van der Waals surface area contributed by atoms with E-state index in [9.17, 15) is 4.79 Å². The summed E-state index contributed by atoms with van der Waals surface area (Å²) in [6.45, 7) is 3.03. The lowest BCUT2D eigenvalue weighted by molar-refractivity contribution is 0.103. The summed E-state index contributed by atoms with van der Waals surface area (Å²) in [6.07, 6.45) is 2.20. The molecule has 2 heterocycles. The number of carbonyl (C=O) groups is 1. The molecule has 3 rings (SSSR count). The van der Waals surface area contributed by atoms with Gasteiger partial charge in [-0.25, -0.2) is 0 Å². The molecule has 0 saturated carbocycles. The molecule has 0 fully saturated rings. The van der Waals surface area contributed by atoms with Gasteiger partial charge in [0.2, 0.25) is 0 Å². The van der Waals surface area contributed by atoms with Crippen LogP contribution >= 0.6 is 11.3 Å². The maximum absolute atomic E-state index is 12.4. The van der Waals surface area contributed by atoms with Crippen LogP contribution in [-0.4, -0.2) is 12.3 Å². The number of aryl methyl sites for hydroxylation is 2. The highest BCUT2D eigenvalue weighted by molar-refractivity contribution is 7.10. The van der Waals surface area contributed by atoms with Crippen LogP contribution in [0.25, 0.3) is 0 Å². The zero-order chi connectivity index (χ0) is 12.5. The van der Waals surface area contributed by atoms with E-state index in [-0.39, 0.29) is 5.78 Å². The third kappa shape index (κ3) is 1.95. The Hall–Kier alpha value is -1.61. The quantitative estimate of drug-likeness (QED) is 0.832. The molecule has 0 radical (unpaired) electrons. The van der Waals surface area contributed by atoms with E-state index in [1.807, 2.05) is 36.6 Å². The average molecular weight is 257 g/mol. The van der Waals surface area contributed by atoms with Crippen molar-refractivity contribution in [3.05, 3.63) is 51.2 Å². The number of nitrogens with one attached hydrogen (secondary N) is 1. The highest BCUT2D eigenvalue weighted by Crippen LogP contribution is 2.25. The SMILES string of the molecule is Cc1sccc1C(=O)c1ccc2c(c1)CCCN2. The van der Waals surface area contributed by atoms with Crippen LogP contribution in [0, 0.1) is 6.92 Å². The number of carbonyl (C=O) groups excluding carboxylic acids is 1. The first-order valence-electron chi connectivity index (χ1n) is 6.21. The van der Waals surface area contributed by atoms with E-state index < -0.39 is 0 Å². The van der Waals surface area contributed by atoms with Crippen molar-refractivity contribution in [2.75, 3.05) is 11.9 Å². The summed E-state index contributed by atoms with van der Waals surface area (Å²) < 4.78 is 0. The Labute approximate surface area is 111 Å². The Balaban J connectivity index is 1.98. The number of ketones is 1. The third-order valence-electron chi connectivity index (χ3n) is 3.41. The first-order valence-corrected chi connectivity index (χ1v) is 7.09. The monoisotopic (exact) mass is 257 g/mol. The second-order valence-electron chi connectivity index (χ2n) is 4.62. The number of hydrogen-bond acceptors (Lipinski definition) is 3. The first-order chi connectivity index (χ1) is 8.75. The number of anilines is 1. The maximum Gasteiger partial charge on any atom is 0.194 e. The Morgan fingerprint density at radius 2 is 2.22 bits per heavy atom. The zero-order valence-electron chi connectivity index (χ0n) is 10.3. The van der Waals surface area contributed by atoms with E-state index in [1.54, 1.807) is 11.3 Å². The van der Waals surface area contributed by atoms with Crippen LogP contribution in [0.2, 0.25) is 0 Å². The van der Waals surface area contributed by atoms with Crippen molar-refractivity contribution < 1.29 is 4.79 Å². The molecule has 1 aliphatic heterocycles. The predicted octanol–water partition coefficient (Wildman–Crippen LogP) is 3.65. The van der Waals surface area contributed by atoms with Crippen molar-refractivity contribution in [2.45, 2.75) is 19.8 Å². The minimum atomic E-state index is 0.141. The van der Waals surface area contributed by atoms with Crippen LogP contribution in [-0.2, 0) is 6.42 Å². The van der Waals surface area contributed by atoms with Crippen molar-refractivity contribution in [1.29, 1.82) is 0 Å². The highest BCUT2D eigenvalue weighted by atomic mass is 32.1. The van der Waals surface area contributed by atoms with Crippen molar-refractivity contribution in [3.63, 3.8) is 0 Å². The molecule has 1 aromatic heterocycles. The van der Waals surface area contributed by atoms with Gasteiger partial charge in [0.15, 0.2) is 5.78 Å². The van der Waals surface area contributed by atoms with E-state index in [0.717, 1.165) is 35.4 Å². The second kappa shape index (κ2) is 4.58. The molecule has 1 N–H and O–H groups in total. The lowest BCUT2D eigenvalue weighted by atomic mass is 9.97. The van der Waals surface area contributed by atoms with Crippen molar-refractivity contribution in [1.82, 2.24) is 0 Å². The molecule has 1 aliphatic rings. The fraction of sp³-hybridized carbons (Fsp3) is 0.267. The molecule has 0 aliphatic carbocycles. The van der Waals surface area contributed by atoms with Gasteiger partial charge in [-0.05, 0) is 55.0 Å². The molecule has 0 unspecified atom stereocenters. The normalized spacial score (nSPS) is 13.8. The number of benzene rings is 1. The van der Waals surface area contributed by atoms with Gasteiger partial charge in [-0.1, -0.05) is 0 Å². The summed E-state index contributed by atoms with van der Waals surface area (Å²) in [5.41, 5.74) is 4.09. The van der Waals surface area contributed by atoms with Crippen LogP contribution in [0.1, 0.15) is 32.8 Å². The van der Waals surface area contributed by atoms with Gasteiger partial charge in [0, 0.05) is 28.2 Å². The van der Waals surface area contributed by atoms with Gasteiger partial charge in [-0.15, -0.1) is 11.3 Å².